The SMILES string of the molecule is C=C1CC(NC(=O)c2ccc(C(N)=O)c(NC(C)C(C)(C)C)c2)CC(C)N1c1ccc(C(C)=O)cn1. The van der Waals surface area contributed by atoms with Gasteiger partial charge in [-0.15, -0.1) is 0 Å². The first-order valence-corrected chi connectivity index (χ1v) is 12.2. The highest BCUT2D eigenvalue weighted by molar-refractivity contribution is 6.02. The molecule has 0 radical (unpaired) electrons. The van der Waals surface area contributed by atoms with Gasteiger partial charge in [0.25, 0.3) is 11.8 Å². The molecule has 192 valence electrons. The second-order valence-corrected chi connectivity index (χ2v) is 10.7. The van der Waals surface area contributed by atoms with Crippen LogP contribution in [0.25, 0.3) is 0 Å². The molecule has 36 heavy (non-hydrogen) atoms. The number of anilines is 2. The fourth-order valence-corrected chi connectivity index (χ4v) is 4.27. The van der Waals surface area contributed by atoms with E-state index in [1.807, 2.05) is 17.9 Å². The van der Waals surface area contributed by atoms with Crippen LogP contribution in [-0.4, -0.2) is 40.7 Å². The minimum Gasteiger partial charge on any atom is -0.381 e. The molecule has 8 heteroatoms. The highest BCUT2D eigenvalue weighted by Crippen LogP contribution is 2.30. The van der Waals surface area contributed by atoms with Gasteiger partial charge in [0.05, 0.1) is 5.56 Å². The number of hydrogen-bond acceptors (Lipinski definition) is 6. The zero-order valence-corrected chi connectivity index (χ0v) is 22.0. The van der Waals surface area contributed by atoms with Crippen molar-refractivity contribution in [3.8, 4) is 0 Å². The number of pyridine rings is 1. The number of rotatable bonds is 7. The predicted octanol–water partition coefficient (Wildman–Crippen LogP) is 4.53. The van der Waals surface area contributed by atoms with Gasteiger partial charge in [0.1, 0.15) is 5.82 Å². The lowest BCUT2D eigenvalue weighted by molar-refractivity contribution is 0.0928. The molecule has 0 saturated carbocycles. The number of carbonyl (C=O) groups excluding carboxylic acids is 3. The lowest BCUT2D eigenvalue weighted by Crippen LogP contribution is -2.47. The highest BCUT2D eigenvalue weighted by Gasteiger charge is 2.31. The predicted molar refractivity (Wildman–Crippen MR) is 143 cm³/mol. The molecule has 0 bridgehead atoms. The van der Waals surface area contributed by atoms with Crippen LogP contribution in [0.4, 0.5) is 11.5 Å². The molecule has 4 N–H and O–H groups in total. The summed E-state index contributed by atoms with van der Waals surface area (Å²) in [5, 5.41) is 6.47. The van der Waals surface area contributed by atoms with Crippen molar-refractivity contribution in [2.24, 2.45) is 11.1 Å². The van der Waals surface area contributed by atoms with Crippen molar-refractivity contribution in [1.29, 1.82) is 0 Å². The Bertz CT molecular complexity index is 1170. The number of ketones is 1. The highest BCUT2D eigenvalue weighted by atomic mass is 16.2. The zero-order chi connectivity index (χ0) is 26.8. The minimum absolute atomic E-state index is 0.0302. The Balaban J connectivity index is 1.73. The van der Waals surface area contributed by atoms with Crippen LogP contribution < -0.4 is 21.3 Å². The Labute approximate surface area is 213 Å². The van der Waals surface area contributed by atoms with E-state index in [2.05, 4.69) is 49.9 Å². The van der Waals surface area contributed by atoms with Gasteiger partial charge in [0.2, 0.25) is 0 Å². The standard InChI is InChI=1S/C28H37N5O3/c1-16-12-22(13-17(2)33(16)25-11-9-21(15-30-25)18(3)34)32-27(36)20-8-10-23(26(29)35)24(14-20)31-19(4)28(5,6)7/h8-11,14-15,17,19,22,31H,1,12-13H2,2-7H3,(H2,29,35)(H,32,36). The largest absolute Gasteiger partial charge is 0.381 e. The van der Waals surface area contributed by atoms with Gasteiger partial charge in [-0.3, -0.25) is 14.4 Å². The summed E-state index contributed by atoms with van der Waals surface area (Å²) in [7, 11) is 0. The lowest BCUT2D eigenvalue weighted by Gasteiger charge is -2.40. The summed E-state index contributed by atoms with van der Waals surface area (Å²) < 4.78 is 0. The third-order valence-electron chi connectivity index (χ3n) is 6.84. The number of nitrogens with one attached hydrogen (secondary N) is 2. The quantitative estimate of drug-likeness (QED) is 0.490. The van der Waals surface area contributed by atoms with Crippen molar-refractivity contribution < 1.29 is 14.4 Å². The average Bonchev–Trinajstić information content (AvgIpc) is 2.78. The second-order valence-electron chi connectivity index (χ2n) is 10.7. The van der Waals surface area contributed by atoms with E-state index in [0.29, 0.717) is 35.2 Å². The molecule has 1 aliphatic rings. The van der Waals surface area contributed by atoms with E-state index >= 15 is 0 Å². The van der Waals surface area contributed by atoms with Crippen LogP contribution >= 0.6 is 0 Å². The molecule has 1 fully saturated rings. The number of benzene rings is 1. The fraction of sp³-hybridized carbons (Fsp3) is 0.429. The normalized spacial score (nSPS) is 18.9. The molecular formula is C28H37N5O3. The Morgan fingerprint density at radius 2 is 1.83 bits per heavy atom. The molecule has 0 spiro atoms. The lowest BCUT2D eigenvalue weighted by atomic mass is 9.87. The van der Waals surface area contributed by atoms with Crippen molar-refractivity contribution in [2.45, 2.75) is 72.5 Å². The topological polar surface area (TPSA) is 117 Å². The van der Waals surface area contributed by atoms with Gasteiger partial charge in [0.15, 0.2) is 5.78 Å². The van der Waals surface area contributed by atoms with Crippen molar-refractivity contribution in [1.82, 2.24) is 10.3 Å². The fourth-order valence-electron chi connectivity index (χ4n) is 4.27. The molecular weight excluding hydrogens is 454 g/mol. The molecule has 3 rings (SSSR count). The monoisotopic (exact) mass is 491 g/mol. The van der Waals surface area contributed by atoms with Gasteiger partial charge in [-0.25, -0.2) is 4.98 Å². The van der Waals surface area contributed by atoms with E-state index in [0.717, 1.165) is 11.5 Å². The van der Waals surface area contributed by atoms with Gasteiger partial charge in [-0.2, -0.15) is 0 Å². The number of Topliss-reactive ketones (excluding diaryl/α,β-unsaturated/α-hetero) is 1. The van der Waals surface area contributed by atoms with E-state index in [9.17, 15) is 14.4 Å². The van der Waals surface area contributed by atoms with Crippen LogP contribution in [0.3, 0.4) is 0 Å². The summed E-state index contributed by atoms with van der Waals surface area (Å²) in [5.41, 5.74) is 8.26. The molecule has 3 atom stereocenters. The molecule has 2 aromatic rings. The summed E-state index contributed by atoms with van der Waals surface area (Å²) in [4.78, 5) is 43.2. The van der Waals surface area contributed by atoms with E-state index < -0.39 is 5.91 Å². The maximum Gasteiger partial charge on any atom is 0.251 e. The number of nitrogens with two attached hydrogens (primary N) is 1. The van der Waals surface area contributed by atoms with E-state index in [1.54, 1.807) is 30.5 Å². The Hall–Kier alpha value is -3.68. The number of amides is 2. The molecule has 0 aliphatic carbocycles. The second kappa shape index (κ2) is 10.5. The molecule has 1 aromatic heterocycles. The summed E-state index contributed by atoms with van der Waals surface area (Å²) in [6.07, 6.45) is 2.84. The van der Waals surface area contributed by atoms with E-state index in [4.69, 9.17) is 5.73 Å². The number of piperidine rings is 1. The third-order valence-corrected chi connectivity index (χ3v) is 6.84. The maximum atomic E-state index is 13.2. The molecule has 2 heterocycles. The molecule has 3 unspecified atom stereocenters. The van der Waals surface area contributed by atoms with Crippen LogP contribution in [0.2, 0.25) is 0 Å². The van der Waals surface area contributed by atoms with E-state index in [1.165, 1.54) is 6.92 Å². The first-order valence-electron chi connectivity index (χ1n) is 12.2. The number of primary amides is 1. The Kier molecular flexibility index (Phi) is 7.86. The third kappa shape index (κ3) is 6.11. The van der Waals surface area contributed by atoms with Crippen molar-refractivity contribution >= 4 is 29.1 Å². The minimum atomic E-state index is -0.548. The summed E-state index contributed by atoms with van der Waals surface area (Å²) in [6.45, 7) is 16.1. The van der Waals surface area contributed by atoms with Gasteiger partial charge in [-0.05, 0) is 62.9 Å². The summed E-state index contributed by atoms with van der Waals surface area (Å²) in [6, 6.07) is 8.48. The zero-order valence-electron chi connectivity index (χ0n) is 22.0. The number of nitrogens with zero attached hydrogens (tertiary/aromatic N) is 2. The maximum absolute atomic E-state index is 13.2. The first kappa shape index (κ1) is 26.9. The van der Waals surface area contributed by atoms with Gasteiger partial charge in [-0.1, -0.05) is 27.4 Å². The first-order chi connectivity index (χ1) is 16.8. The van der Waals surface area contributed by atoms with Crippen molar-refractivity contribution in [3.05, 3.63) is 65.5 Å². The Morgan fingerprint density at radius 1 is 1.17 bits per heavy atom. The van der Waals surface area contributed by atoms with Crippen LogP contribution in [0, 0.1) is 5.41 Å². The molecule has 1 aromatic carbocycles. The van der Waals surface area contributed by atoms with E-state index in [-0.39, 0.29) is 35.2 Å². The van der Waals surface area contributed by atoms with Crippen LogP contribution in [0.1, 0.15) is 85.5 Å². The number of aromatic nitrogens is 1. The van der Waals surface area contributed by atoms with Crippen molar-refractivity contribution in [2.75, 3.05) is 10.2 Å². The summed E-state index contributed by atoms with van der Waals surface area (Å²) in [5.74, 6) is -0.0710. The smallest absolute Gasteiger partial charge is 0.251 e. The van der Waals surface area contributed by atoms with Gasteiger partial charge >= 0.3 is 0 Å². The van der Waals surface area contributed by atoms with Gasteiger partial charge in [0, 0.05) is 53.3 Å². The average molecular weight is 492 g/mol. The summed E-state index contributed by atoms with van der Waals surface area (Å²) >= 11 is 0. The Morgan fingerprint density at radius 3 is 2.36 bits per heavy atom. The molecule has 2 amide bonds. The van der Waals surface area contributed by atoms with Gasteiger partial charge < -0.3 is 21.3 Å². The van der Waals surface area contributed by atoms with Crippen molar-refractivity contribution in [3.63, 3.8) is 0 Å². The molecule has 1 saturated heterocycles. The number of carbonyl (C=O) groups is 3. The van der Waals surface area contributed by atoms with Crippen LogP contribution in [0.5, 0.6) is 0 Å². The van der Waals surface area contributed by atoms with Crippen LogP contribution in [0.15, 0.2) is 48.8 Å². The number of hydrogen-bond donors (Lipinski definition) is 3. The van der Waals surface area contributed by atoms with Crippen LogP contribution in [-0.2, 0) is 0 Å². The molecule has 1 aliphatic heterocycles. The molecule has 8 nitrogen and oxygen atoms in total.